The van der Waals surface area contributed by atoms with Crippen molar-refractivity contribution in [2.45, 2.75) is 25.9 Å². The average molecular weight is 239 g/mol. The lowest BCUT2D eigenvalue weighted by Gasteiger charge is -2.20. The molecule has 0 aliphatic rings. The summed E-state index contributed by atoms with van der Waals surface area (Å²) in [6, 6.07) is 3.88. The maximum Gasteiger partial charge on any atom is 0.244 e. The van der Waals surface area contributed by atoms with Crippen molar-refractivity contribution in [1.29, 1.82) is 0 Å². The summed E-state index contributed by atoms with van der Waals surface area (Å²) in [5.74, 6) is -0.179. The van der Waals surface area contributed by atoms with Gasteiger partial charge in [0, 0.05) is 17.5 Å². The Balaban J connectivity index is 2.37. The molecule has 0 fully saturated rings. The summed E-state index contributed by atoms with van der Waals surface area (Å²) < 4.78 is 0. The topological polar surface area (TPSA) is 49.3 Å². The number of thiophene rings is 1. The highest BCUT2D eigenvalue weighted by Crippen LogP contribution is 2.10. The van der Waals surface area contributed by atoms with Crippen LogP contribution in [-0.4, -0.2) is 23.2 Å². The smallest absolute Gasteiger partial charge is 0.244 e. The van der Waals surface area contributed by atoms with E-state index >= 15 is 0 Å². The number of aliphatic hydroxyl groups is 1. The van der Waals surface area contributed by atoms with Crippen LogP contribution >= 0.6 is 11.3 Å². The number of hydrogen-bond acceptors (Lipinski definition) is 3. The van der Waals surface area contributed by atoms with Crippen LogP contribution in [0.4, 0.5) is 0 Å². The zero-order valence-corrected chi connectivity index (χ0v) is 10.4. The van der Waals surface area contributed by atoms with Crippen molar-refractivity contribution < 1.29 is 9.90 Å². The van der Waals surface area contributed by atoms with Crippen LogP contribution in [0.5, 0.6) is 0 Å². The van der Waals surface area contributed by atoms with E-state index in [1.165, 1.54) is 6.08 Å². The number of nitrogens with one attached hydrogen (secondary N) is 1. The lowest BCUT2D eigenvalue weighted by atomic mass is 10.0. The van der Waals surface area contributed by atoms with E-state index in [9.17, 15) is 9.90 Å². The highest BCUT2D eigenvalue weighted by molar-refractivity contribution is 7.10. The van der Waals surface area contributed by atoms with Gasteiger partial charge in [-0.3, -0.25) is 4.79 Å². The van der Waals surface area contributed by atoms with Gasteiger partial charge in [-0.25, -0.2) is 0 Å². The second-order valence-corrected chi connectivity index (χ2v) is 4.90. The molecule has 88 valence electrons. The Morgan fingerprint density at radius 3 is 3.00 bits per heavy atom. The maximum atomic E-state index is 11.4. The summed E-state index contributed by atoms with van der Waals surface area (Å²) in [7, 11) is 0. The Labute approximate surface area is 99.8 Å². The van der Waals surface area contributed by atoms with E-state index < -0.39 is 5.60 Å². The molecular formula is C12H17NO2S. The fraction of sp³-hybridized carbons (Fsp3) is 0.417. The molecule has 4 heteroatoms. The van der Waals surface area contributed by atoms with Crippen LogP contribution in [0.15, 0.2) is 23.6 Å². The van der Waals surface area contributed by atoms with Gasteiger partial charge in [0.15, 0.2) is 0 Å². The van der Waals surface area contributed by atoms with E-state index in [0.29, 0.717) is 6.42 Å². The molecule has 1 aromatic heterocycles. The Morgan fingerprint density at radius 2 is 2.44 bits per heavy atom. The van der Waals surface area contributed by atoms with Crippen LogP contribution < -0.4 is 5.32 Å². The highest BCUT2D eigenvalue weighted by atomic mass is 32.1. The van der Waals surface area contributed by atoms with E-state index in [1.54, 1.807) is 24.3 Å². The molecule has 1 heterocycles. The van der Waals surface area contributed by atoms with Gasteiger partial charge in [-0.05, 0) is 30.9 Å². The van der Waals surface area contributed by atoms with Gasteiger partial charge in [0.05, 0.1) is 5.60 Å². The average Bonchev–Trinajstić information content (AvgIpc) is 2.76. The Kier molecular flexibility index (Phi) is 4.71. The zero-order valence-electron chi connectivity index (χ0n) is 9.56. The number of rotatable bonds is 5. The van der Waals surface area contributed by atoms with Crippen molar-refractivity contribution in [1.82, 2.24) is 5.32 Å². The Hall–Kier alpha value is -1.13. The molecule has 0 bridgehead atoms. The predicted molar refractivity (Wildman–Crippen MR) is 67.3 cm³/mol. The molecule has 0 saturated carbocycles. The summed E-state index contributed by atoms with van der Waals surface area (Å²) in [6.45, 7) is 3.86. The second kappa shape index (κ2) is 5.82. The minimum atomic E-state index is -0.827. The van der Waals surface area contributed by atoms with Crippen molar-refractivity contribution >= 4 is 23.3 Å². The largest absolute Gasteiger partial charge is 0.388 e. The molecular weight excluding hydrogens is 222 g/mol. The fourth-order valence-corrected chi connectivity index (χ4v) is 1.62. The Morgan fingerprint density at radius 1 is 1.69 bits per heavy atom. The molecule has 16 heavy (non-hydrogen) atoms. The van der Waals surface area contributed by atoms with Gasteiger partial charge in [0.1, 0.15) is 0 Å². The summed E-state index contributed by atoms with van der Waals surface area (Å²) >= 11 is 1.58. The Bertz CT molecular complexity index is 355. The number of carbonyl (C=O) groups is 1. The molecule has 0 aliphatic heterocycles. The first-order chi connectivity index (χ1) is 7.53. The summed E-state index contributed by atoms with van der Waals surface area (Å²) in [5, 5.41) is 14.3. The van der Waals surface area contributed by atoms with Crippen LogP contribution in [0.3, 0.4) is 0 Å². The molecule has 0 radical (unpaired) electrons. The minimum absolute atomic E-state index is 0.179. The normalized spacial score (nSPS) is 14.9. The highest BCUT2D eigenvalue weighted by Gasteiger charge is 2.17. The molecule has 0 saturated heterocycles. The molecule has 1 atom stereocenters. The lowest BCUT2D eigenvalue weighted by molar-refractivity contribution is -0.117. The van der Waals surface area contributed by atoms with Crippen molar-refractivity contribution in [2.24, 2.45) is 0 Å². The number of amides is 1. The van der Waals surface area contributed by atoms with Crippen LogP contribution in [0.25, 0.3) is 6.08 Å². The van der Waals surface area contributed by atoms with Crippen LogP contribution in [0.2, 0.25) is 0 Å². The second-order valence-electron chi connectivity index (χ2n) is 3.92. The van der Waals surface area contributed by atoms with E-state index in [0.717, 1.165) is 4.88 Å². The molecule has 1 unspecified atom stereocenters. The number of hydrogen-bond donors (Lipinski definition) is 2. The van der Waals surface area contributed by atoms with Crippen molar-refractivity contribution in [2.75, 3.05) is 6.54 Å². The van der Waals surface area contributed by atoms with Crippen molar-refractivity contribution in [3.63, 3.8) is 0 Å². The third-order valence-electron chi connectivity index (χ3n) is 2.35. The molecule has 2 N–H and O–H groups in total. The molecule has 1 aromatic rings. The van der Waals surface area contributed by atoms with E-state index in [-0.39, 0.29) is 12.5 Å². The fourth-order valence-electron chi connectivity index (χ4n) is 1.01. The standard InChI is InChI=1S/C12H17NO2S/c1-3-12(2,15)9-13-11(14)7-6-10-5-4-8-16-10/h4-8,15H,3,9H2,1-2H3,(H,13,14). The third-order valence-corrected chi connectivity index (χ3v) is 3.18. The lowest BCUT2D eigenvalue weighted by Crippen LogP contribution is -2.39. The first kappa shape index (κ1) is 12.9. The van der Waals surface area contributed by atoms with E-state index in [2.05, 4.69) is 5.32 Å². The quantitative estimate of drug-likeness (QED) is 0.772. The van der Waals surface area contributed by atoms with Gasteiger partial charge in [-0.15, -0.1) is 11.3 Å². The van der Waals surface area contributed by atoms with Gasteiger partial charge in [-0.2, -0.15) is 0 Å². The summed E-state index contributed by atoms with van der Waals surface area (Å²) in [4.78, 5) is 12.4. The molecule has 0 spiro atoms. The van der Waals surface area contributed by atoms with Gasteiger partial charge < -0.3 is 10.4 Å². The van der Waals surface area contributed by atoms with Gasteiger partial charge in [0.2, 0.25) is 5.91 Å². The van der Waals surface area contributed by atoms with Crippen molar-refractivity contribution in [3.05, 3.63) is 28.5 Å². The van der Waals surface area contributed by atoms with E-state index in [1.807, 2.05) is 24.4 Å². The minimum Gasteiger partial charge on any atom is -0.388 e. The summed E-state index contributed by atoms with van der Waals surface area (Å²) in [6.07, 6.45) is 3.86. The van der Waals surface area contributed by atoms with Crippen LogP contribution in [-0.2, 0) is 4.79 Å². The zero-order chi connectivity index (χ0) is 12.0. The molecule has 3 nitrogen and oxygen atoms in total. The third kappa shape index (κ3) is 4.59. The monoisotopic (exact) mass is 239 g/mol. The van der Waals surface area contributed by atoms with E-state index in [4.69, 9.17) is 0 Å². The number of carbonyl (C=O) groups excluding carboxylic acids is 1. The van der Waals surface area contributed by atoms with Gasteiger partial charge >= 0.3 is 0 Å². The SMILES string of the molecule is CCC(C)(O)CNC(=O)C=Cc1cccs1. The molecule has 0 aromatic carbocycles. The maximum absolute atomic E-state index is 11.4. The van der Waals surface area contributed by atoms with Crippen LogP contribution in [0.1, 0.15) is 25.1 Å². The first-order valence-corrected chi connectivity index (χ1v) is 6.13. The predicted octanol–water partition coefficient (Wildman–Crippen LogP) is 2.04. The molecule has 1 rings (SSSR count). The summed E-state index contributed by atoms with van der Waals surface area (Å²) in [5.41, 5.74) is -0.827. The first-order valence-electron chi connectivity index (χ1n) is 5.25. The van der Waals surface area contributed by atoms with Crippen LogP contribution in [0, 0.1) is 0 Å². The molecule has 0 aliphatic carbocycles. The van der Waals surface area contributed by atoms with Gasteiger partial charge in [0.25, 0.3) is 0 Å². The molecule has 1 amide bonds. The van der Waals surface area contributed by atoms with Gasteiger partial charge in [-0.1, -0.05) is 13.0 Å². The van der Waals surface area contributed by atoms with Crippen molar-refractivity contribution in [3.8, 4) is 0 Å².